The number of alkyl halides is 3. The lowest BCUT2D eigenvalue weighted by molar-refractivity contribution is -0.137. The maximum atomic E-state index is 12.5. The van der Waals surface area contributed by atoms with Gasteiger partial charge in [-0.2, -0.15) is 13.2 Å². The van der Waals surface area contributed by atoms with E-state index in [4.69, 9.17) is 5.73 Å². The van der Waals surface area contributed by atoms with Crippen LogP contribution in [0.25, 0.3) is 0 Å². The molecule has 6 heteroatoms. The highest BCUT2D eigenvalue weighted by Gasteiger charge is 2.30. The lowest BCUT2D eigenvalue weighted by Gasteiger charge is -2.13. The Labute approximate surface area is 96.8 Å². The number of nitrogens with one attached hydrogen (secondary N) is 1. The van der Waals surface area contributed by atoms with E-state index < -0.39 is 11.7 Å². The summed E-state index contributed by atoms with van der Waals surface area (Å²) in [5, 5.41) is 2.48. The number of hydrogen-bond donors (Lipinski definition) is 2. The standard InChI is InChI=1S/C11H13F3N2O/c1-7(17)16-10-3-2-9(11(12,13)14)6-8(10)4-5-15/h2-3,6H,4-5,15H2,1H3,(H,16,17). The molecule has 1 amide bonds. The normalized spacial score (nSPS) is 11.4. The second kappa shape index (κ2) is 5.18. The van der Waals surface area contributed by atoms with Gasteiger partial charge in [0.15, 0.2) is 0 Å². The van der Waals surface area contributed by atoms with Gasteiger partial charge in [0.1, 0.15) is 0 Å². The van der Waals surface area contributed by atoms with Crippen LogP contribution in [0.2, 0.25) is 0 Å². The van der Waals surface area contributed by atoms with E-state index in [0.717, 1.165) is 12.1 Å². The molecule has 17 heavy (non-hydrogen) atoms. The molecule has 0 fully saturated rings. The molecule has 1 aromatic rings. The Bertz CT molecular complexity index is 416. The monoisotopic (exact) mass is 246 g/mol. The Kier molecular flexibility index (Phi) is 4.11. The van der Waals surface area contributed by atoms with Gasteiger partial charge in [0.2, 0.25) is 5.91 Å². The Balaban J connectivity index is 3.12. The van der Waals surface area contributed by atoms with Gasteiger partial charge >= 0.3 is 6.18 Å². The van der Waals surface area contributed by atoms with Gasteiger partial charge in [-0.3, -0.25) is 4.79 Å². The van der Waals surface area contributed by atoms with E-state index >= 15 is 0 Å². The van der Waals surface area contributed by atoms with Crippen molar-refractivity contribution < 1.29 is 18.0 Å². The maximum absolute atomic E-state index is 12.5. The van der Waals surface area contributed by atoms with E-state index in [2.05, 4.69) is 5.32 Å². The van der Waals surface area contributed by atoms with Crippen LogP contribution in [0.5, 0.6) is 0 Å². The second-order valence-corrected chi connectivity index (χ2v) is 3.59. The fraction of sp³-hybridized carbons (Fsp3) is 0.364. The fourth-order valence-electron chi connectivity index (χ4n) is 1.44. The van der Waals surface area contributed by atoms with Gasteiger partial charge in [-0.1, -0.05) is 0 Å². The molecule has 0 heterocycles. The average molecular weight is 246 g/mol. The Morgan fingerprint density at radius 3 is 2.53 bits per heavy atom. The van der Waals surface area contributed by atoms with Crippen molar-refractivity contribution in [3.05, 3.63) is 29.3 Å². The minimum atomic E-state index is -4.39. The number of hydrogen-bond acceptors (Lipinski definition) is 2. The molecule has 0 radical (unpaired) electrons. The van der Waals surface area contributed by atoms with Gasteiger partial charge in [-0.05, 0) is 36.7 Å². The Hall–Kier alpha value is -1.56. The molecule has 1 rings (SSSR count). The van der Waals surface area contributed by atoms with Crippen molar-refractivity contribution in [1.29, 1.82) is 0 Å². The summed E-state index contributed by atoms with van der Waals surface area (Å²) >= 11 is 0. The number of carbonyl (C=O) groups is 1. The first kappa shape index (κ1) is 13.5. The smallest absolute Gasteiger partial charge is 0.330 e. The minimum absolute atomic E-state index is 0.216. The van der Waals surface area contributed by atoms with Crippen LogP contribution in [0.15, 0.2) is 18.2 Å². The van der Waals surface area contributed by atoms with Gasteiger partial charge in [-0.15, -0.1) is 0 Å². The van der Waals surface area contributed by atoms with E-state index in [1.165, 1.54) is 13.0 Å². The number of rotatable bonds is 3. The van der Waals surface area contributed by atoms with Crippen molar-refractivity contribution >= 4 is 11.6 Å². The molecule has 0 unspecified atom stereocenters. The summed E-state index contributed by atoms with van der Waals surface area (Å²) in [6.45, 7) is 1.51. The van der Waals surface area contributed by atoms with Gasteiger partial charge in [0.25, 0.3) is 0 Å². The molecule has 0 aliphatic heterocycles. The van der Waals surface area contributed by atoms with E-state index in [0.29, 0.717) is 11.3 Å². The quantitative estimate of drug-likeness (QED) is 0.858. The topological polar surface area (TPSA) is 55.1 Å². The molecule has 0 saturated heterocycles. The first-order valence-corrected chi connectivity index (χ1v) is 5.02. The molecular weight excluding hydrogens is 233 g/mol. The van der Waals surface area contributed by atoms with Gasteiger partial charge in [0, 0.05) is 12.6 Å². The summed E-state index contributed by atoms with van der Waals surface area (Å²) in [7, 11) is 0. The Morgan fingerprint density at radius 1 is 1.41 bits per heavy atom. The summed E-state index contributed by atoms with van der Waals surface area (Å²) in [5.74, 6) is -0.331. The van der Waals surface area contributed by atoms with Crippen LogP contribution in [-0.4, -0.2) is 12.5 Å². The number of halogens is 3. The lowest BCUT2D eigenvalue weighted by Crippen LogP contribution is -2.13. The van der Waals surface area contributed by atoms with Crippen LogP contribution < -0.4 is 11.1 Å². The molecule has 3 N–H and O–H groups in total. The summed E-state index contributed by atoms with van der Waals surface area (Å²) in [6, 6.07) is 3.19. The van der Waals surface area contributed by atoms with E-state index in [-0.39, 0.29) is 18.9 Å². The van der Waals surface area contributed by atoms with Crippen molar-refractivity contribution in [2.75, 3.05) is 11.9 Å². The predicted octanol–water partition coefficient (Wildman–Crippen LogP) is 2.16. The zero-order valence-electron chi connectivity index (χ0n) is 9.27. The third kappa shape index (κ3) is 3.74. The predicted molar refractivity (Wildman–Crippen MR) is 58.5 cm³/mol. The molecular formula is C11H13F3N2O. The summed E-state index contributed by atoms with van der Waals surface area (Å²) in [5.41, 5.74) is 5.34. The molecule has 0 bridgehead atoms. The number of benzene rings is 1. The molecule has 0 atom stereocenters. The van der Waals surface area contributed by atoms with E-state index in [9.17, 15) is 18.0 Å². The average Bonchev–Trinajstić information content (AvgIpc) is 2.18. The first-order chi connectivity index (χ1) is 7.84. The van der Waals surface area contributed by atoms with Crippen molar-refractivity contribution in [1.82, 2.24) is 0 Å². The number of nitrogens with two attached hydrogens (primary N) is 1. The van der Waals surface area contributed by atoms with Gasteiger partial charge in [-0.25, -0.2) is 0 Å². The lowest BCUT2D eigenvalue weighted by atomic mass is 10.1. The number of carbonyl (C=O) groups excluding carboxylic acids is 1. The molecule has 94 valence electrons. The minimum Gasteiger partial charge on any atom is -0.330 e. The van der Waals surface area contributed by atoms with Crippen LogP contribution in [0.3, 0.4) is 0 Å². The third-order valence-corrected chi connectivity index (χ3v) is 2.16. The molecule has 0 aliphatic rings. The van der Waals surface area contributed by atoms with Gasteiger partial charge < -0.3 is 11.1 Å². The van der Waals surface area contributed by atoms with Crippen LogP contribution in [0.1, 0.15) is 18.1 Å². The SMILES string of the molecule is CC(=O)Nc1ccc(C(F)(F)F)cc1CCN. The highest BCUT2D eigenvalue weighted by molar-refractivity contribution is 5.89. The molecule has 0 aromatic heterocycles. The van der Waals surface area contributed by atoms with Crippen LogP contribution >= 0.6 is 0 Å². The summed E-state index contributed by atoms with van der Waals surface area (Å²) in [4.78, 5) is 10.9. The molecule has 0 spiro atoms. The van der Waals surface area contributed by atoms with Gasteiger partial charge in [0.05, 0.1) is 5.56 Å². The first-order valence-electron chi connectivity index (χ1n) is 5.02. The van der Waals surface area contributed by atoms with Crippen molar-refractivity contribution in [3.8, 4) is 0 Å². The van der Waals surface area contributed by atoms with E-state index in [1.54, 1.807) is 0 Å². The highest BCUT2D eigenvalue weighted by Crippen LogP contribution is 2.31. The van der Waals surface area contributed by atoms with Crippen molar-refractivity contribution in [2.45, 2.75) is 19.5 Å². The number of amides is 1. The van der Waals surface area contributed by atoms with Crippen molar-refractivity contribution in [3.63, 3.8) is 0 Å². The van der Waals surface area contributed by atoms with Crippen molar-refractivity contribution in [2.24, 2.45) is 5.73 Å². The third-order valence-electron chi connectivity index (χ3n) is 2.16. The van der Waals surface area contributed by atoms with E-state index in [1.807, 2.05) is 0 Å². The largest absolute Gasteiger partial charge is 0.416 e. The molecule has 1 aromatic carbocycles. The molecule has 0 aliphatic carbocycles. The van der Waals surface area contributed by atoms with Crippen LogP contribution in [0, 0.1) is 0 Å². The van der Waals surface area contributed by atoms with Crippen LogP contribution in [-0.2, 0) is 17.4 Å². The number of anilines is 1. The fourth-order valence-corrected chi connectivity index (χ4v) is 1.44. The Morgan fingerprint density at radius 2 is 2.06 bits per heavy atom. The second-order valence-electron chi connectivity index (χ2n) is 3.59. The maximum Gasteiger partial charge on any atom is 0.416 e. The van der Waals surface area contributed by atoms with Crippen LogP contribution in [0.4, 0.5) is 18.9 Å². The summed E-state index contributed by atoms with van der Waals surface area (Å²) in [6.07, 6.45) is -4.11. The highest BCUT2D eigenvalue weighted by atomic mass is 19.4. The zero-order chi connectivity index (χ0) is 13.1. The molecule has 3 nitrogen and oxygen atoms in total. The summed E-state index contributed by atoms with van der Waals surface area (Å²) < 4.78 is 37.5. The molecule has 0 saturated carbocycles. The zero-order valence-corrected chi connectivity index (χ0v) is 9.27.